The van der Waals surface area contributed by atoms with Gasteiger partial charge in [-0.3, -0.25) is 9.36 Å². The maximum Gasteiger partial charge on any atom is 0.111 e. The zero-order valence-corrected chi connectivity index (χ0v) is 23.0. The molecular formula is C31H49N5. The summed E-state index contributed by atoms with van der Waals surface area (Å²) in [6.07, 6.45) is 25.5. The van der Waals surface area contributed by atoms with Crippen molar-refractivity contribution in [3.8, 4) is 22.8 Å². The number of rotatable bonds is 20. The number of unbranched alkanes of at least 4 members (excludes halogenated alkanes) is 14. The van der Waals surface area contributed by atoms with E-state index in [9.17, 15) is 0 Å². The number of nitrogens with zero attached hydrogens (tertiary/aromatic N) is 5. The first kappa shape index (κ1) is 28.1. The van der Waals surface area contributed by atoms with Crippen LogP contribution in [0.1, 0.15) is 117 Å². The van der Waals surface area contributed by atoms with E-state index in [1.54, 1.807) is 0 Å². The number of hydrogen-bond acceptors (Lipinski definition) is 3. The van der Waals surface area contributed by atoms with Gasteiger partial charge in [-0.1, -0.05) is 110 Å². The molecule has 0 aliphatic rings. The van der Waals surface area contributed by atoms with Gasteiger partial charge in [-0.25, -0.2) is 4.98 Å². The van der Waals surface area contributed by atoms with Gasteiger partial charge in [-0.05, 0) is 37.1 Å². The highest BCUT2D eigenvalue weighted by molar-refractivity contribution is 5.61. The topological polar surface area (TPSA) is 48.5 Å². The molecular weight excluding hydrogens is 442 g/mol. The first-order valence-electron chi connectivity index (χ1n) is 14.8. The van der Waals surface area contributed by atoms with E-state index in [-0.39, 0.29) is 0 Å². The van der Waals surface area contributed by atoms with Gasteiger partial charge in [0.05, 0.1) is 11.4 Å². The van der Waals surface area contributed by atoms with Crippen LogP contribution in [0.4, 0.5) is 0 Å². The largest absolute Gasteiger partial charge is 0.272 e. The Morgan fingerprint density at radius 1 is 0.472 bits per heavy atom. The van der Waals surface area contributed by atoms with Gasteiger partial charge in [0.25, 0.3) is 0 Å². The molecule has 3 rings (SSSR count). The fourth-order valence-electron chi connectivity index (χ4n) is 4.78. The second-order valence-electron chi connectivity index (χ2n) is 10.3. The smallest absolute Gasteiger partial charge is 0.111 e. The van der Waals surface area contributed by atoms with Gasteiger partial charge < -0.3 is 0 Å². The molecule has 5 heteroatoms. The predicted octanol–water partition coefficient (Wildman–Crippen LogP) is 9.09. The molecule has 0 aromatic carbocycles. The minimum absolute atomic E-state index is 0.916. The molecule has 0 unspecified atom stereocenters. The maximum atomic E-state index is 4.88. The van der Waals surface area contributed by atoms with Crippen molar-refractivity contribution in [3.05, 3.63) is 42.7 Å². The van der Waals surface area contributed by atoms with Crippen LogP contribution in [-0.4, -0.2) is 24.5 Å². The molecule has 0 saturated carbocycles. The molecule has 0 atom stereocenters. The molecule has 36 heavy (non-hydrogen) atoms. The summed E-state index contributed by atoms with van der Waals surface area (Å²) in [6, 6.07) is 10.3. The van der Waals surface area contributed by atoms with E-state index in [2.05, 4.69) is 53.8 Å². The third-order valence-electron chi connectivity index (χ3n) is 7.04. The summed E-state index contributed by atoms with van der Waals surface area (Å²) in [5.74, 6) is 0. The van der Waals surface area contributed by atoms with Crippen molar-refractivity contribution in [1.29, 1.82) is 0 Å². The molecule has 0 N–H and O–H groups in total. The summed E-state index contributed by atoms with van der Waals surface area (Å²) in [7, 11) is 0. The molecule has 3 aromatic rings. The summed E-state index contributed by atoms with van der Waals surface area (Å²) in [5.41, 5.74) is 3.71. The summed E-state index contributed by atoms with van der Waals surface area (Å²) in [6.45, 7) is 6.52. The highest BCUT2D eigenvalue weighted by atomic mass is 15.3. The Bertz CT molecular complexity index is 884. The summed E-state index contributed by atoms with van der Waals surface area (Å²) in [4.78, 5) is 4.88. The van der Waals surface area contributed by atoms with Crippen LogP contribution < -0.4 is 0 Å². The molecule has 0 spiro atoms. The van der Waals surface area contributed by atoms with E-state index in [1.807, 2.05) is 12.1 Å². The van der Waals surface area contributed by atoms with Crippen LogP contribution in [-0.2, 0) is 13.1 Å². The summed E-state index contributed by atoms with van der Waals surface area (Å²) in [5, 5.41) is 9.58. The van der Waals surface area contributed by atoms with Gasteiger partial charge in [-0.15, -0.1) is 0 Å². The van der Waals surface area contributed by atoms with E-state index in [0.717, 1.165) is 35.9 Å². The third kappa shape index (κ3) is 10.3. The lowest BCUT2D eigenvalue weighted by Gasteiger charge is -2.04. The number of aryl methyl sites for hydroxylation is 2. The average Bonchev–Trinajstić information content (AvgIpc) is 3.57. The van der Waals surface area contributed by atoms with Crippen molar-refractivity contribution < 1.29 is 0 Å². The monoisotopic (exact) mass is 491 g/mol. The normalized spacial score (nSPS) is 11.4. The second kappa shape index (κ2) is 17.1. The summed E-state index contributed by atoms with van der Waals surface area (Å²) >= 11 is 0. The highest BCUT2D eigenvalue weighted by Gasteiger charge is 2.09. The van der Waals surface area contributed by atoms with E-state index in [0.29, 0.717) is 0 Å². The van der Waals surface area contributed by atoms with Gasteiger partial charge in [0.1, 0.15) is 11.4 Å². The Hall–Kier alpha value is -2.43. The van der Waals surface area contributed by atoms with Gasteiger partial charge in [0, 0.05) is 25.5 Å². The molecule has 0 fully saturated rings. The maximum absolute atomic E-state index is 4.88. The van der Waals surface area contributed by atoms with E-state index < -0.39 is 0 Å². The van der Waals surface area contributed by atoms with Crippen molar-refractivity contribution >= 4 is 0 Å². The van der Waals surface area contributed by atoms with Crippen molar-refractivity contribution in [2.75, 3.05) is 0 Å². The quantitative estimate of drug-likeness (QED) is 0.148. The second-order valence-corrected chi connectivity index (χ2v) is 10.3. The third-order valence-corrected chi connectivity index (χ3v) is 7.04. The lowest BCUT2D eigenvalue weighted by atomic mass is 10.1. The predicted molar refractivity (Wildman–Crippen MR) is 152 cm³/mol. The van der Waals surface area contributed by atoms with Crippen LogP contribution in [0.3, 0.4) is 0 Å². The van der Waals surface area contributed by atoms with E-state index in [1.165, 1.54) is 103 Å². The van der Waals surface area contributed by atoms with Gasteiger partial charge in [-0.2, -0.15) is 10.2 Å². The van der Waals surface area contributed by atoms with E-state index in [4.69, 9.17) is 15.2 Å². The van der Waals surface area contributed by atoms with Crippen LogP contribution in [0.25, 0.3) is 22.8 Å². The standard InChI is InChI=1S/C31H49N5/c1-3-5-7-9-11-13-15-17-24-35-26-22-30(33-35)28-20-19-21-29(32-28)31-23-27-36(34-31)25-18-16-14-12-10-8-6-4-2/h19-23,26-27H,3-18,24-25H2,1-2H3. The Morgan fingerprint density at radius 3 is 1.28 bits per heavy atom. The molecule has 3 heterocycles. The molecule has 0 amide bonds. The van der Waals surface area contributed by atoms with Crippen LogP contribution in [0.2, 0.25) is 0 Å². The van der Waals surface area contributed by atoms with Crippen LogP contribution >= 0.6 is 0 Å². The first-order valence-corrected chi connectivity index (χ1v) is 14.8. The lowest BCUT2D eigenvalue weighted by molar-refractivity contribution is 0.520. The number of aromatic nitrogens is 5. The average molecular weight is 492 g/mol. The fraction of sp³-hybridized carbons (Fsp3) is 0.645. The minimum Gasteiger partial charge on any atom is -0.272 e. The molecule has 0 saturated heterocycles. The van der Waals surface area contributed by atoms with Crippen LogP contribution in [0, 0.1) is 0 Å². The fourth-order valence-corrected chi connectivity index (χ4v) is 4.78. The molecule has 0 aliphatic carbocycles. The van der Waals surface area contributed by atoms with Crippen molar-refractivity contribution in [1.82, 2.24) is 24.5 Å². The Kier molecular flexibility index (Phi) is 13.4. The Balaban J connectivity index is 1.41. The van der Waals surface area contributed by atoms with Crippen molar-refractivity contribution in [3.63, 3.8) is 0 Å². The van der Waals surface area contributed by atoms with Crippen molar-refractivity contribution in [2.24, 2.45) is 0 Å². The number of hydrogen-bond donors (Lipinski definition) is 0. The zero-order chi connectivity index (χ0) is 25.3. The minimum atomic E-state index is 0.916. The molecule has 3 aromatic heterocycles. The molecule has 198 valence electrons. The zero-order valence-electron chi connectivity index (χ0n) is 23.0. The van der Waals surface area contributed by atoms with Crippen LogP contribution in [0.15, 0.2) is 42.7 Å². The molecule has 5 nitrogen and oxygen atoms in total. The van der Waals surface area contributed by atoms with Gasteiger partial charge >= 0.3 is 0 Å². The number of pyridine rings is 1. The Morgan fingerprint density at radius 2 is 0.861 bits per heavy atom. The Labute approximate surface area is 219 Å². The van der Waals surface area contributed by atoms with Crippen molar-refractivity contribution in [2.45, 2.75) is 130 Å². The molecule has 0 bridgehead atoms. The van der Waals surface area contributed by atoms with Gasteiger partial charge in [0.2, 0.25) is 0 Å². The van der Waals surface area contributed by atoms with Gasteiger partial charge in [0.15, 0.2) is 0 Å². The highest BCUT2D eigenvalue weighted by Crippen LogP contribution is 2.21. The SMILES string of the molecule is CCCCCCCCCCn1ccc(-c2cccc(-c3ccn(CCCCCCCCCC)n3)n2)n1. The lowest BCUT2D eigenvalue weighted by Crippen LogP contribution is -2.00. The van der Waals surface area contributed by atoms with E-state index >= 15 is 0 Å². The summed E-state index contributed by atoms with van der Waals surface area (Å²) < 4.78 is 4.14. The van der Waals surface area contributed by atoms with Crippen LogP contribution in [0.5, 0.6) is 0 Å². The molecule has 0 radical (unpaired) electrons. The first-order chi connectivity index (χ1) is 17.8. The molecule has 0 aliphatic heterocycles.